The maximum Gasteiger partial charge on any atom is 0.241 e. The molecule has 1 aliphatic heterocycles. The van der Waals surface area contributed by atoms with Crippen LogP contribution in [0.1, 0.15) is 37.7 Å². The monoisotopic (exact) mass is 314 g/mol. The van der Waals surface area contributed by atoms with Gasteiger partial charge in [-0.15, -0.1) is 11.3 Å². The molecule has 0 aromatic carbocycles. The zero-order valence-corrected chi connectivity index (χ0v) is 13.8. The smallest absolute Gasteiger partial charge is 0.241 e. The molecule has 1 aromatic rings. The number of carbonyl (C=O) groups excluding carboxylic acids is 1. The van der Waals surface area contributed by atoms with Crippen LogP contribution < -0.4 is 5.32 Å². The Hall–Kier alpha value is -0.720. The summed E-state index contributed by atoms with van der Waals surface area (Å²) in [5.41, 5.74) is 0. The van der Waals surface area contributed by atoms with E-state index in [0.717, 1.165) is 12.8 Å². The summed E-state index contributed by atoms with van der Waals surface area (Å²) in [7, 11) is -0.836. The largest absolute Gasteiger partial charge is 0.321 e. The van der Waals surface area contributed by atoms with Crippen molar-refractivity contribution in [1.29, 1.82) is 0 Å². The summed E-state index contributed by atoms with van der Waals surface area (Å²) in [5, 5.41) is 5.56. The maximum atomic E-state index is 12.4. The molecular weight excluding hydrogens is 292 g/mol. The van der Waals surface area contributed by atoms with Gasteiger partial charge in [0.25, 0.3) is 0 Å². The summed E-state index contributed by atoms with van der Waals surface area (Å²) in [6.45, 7) is 4.65. The minimum atomic E-state index is -0.836. The highest BCUT2D eigenvalue weighted by Crippen LogP contribution is 2.29. The van der Waals surface area contributed by atoms with E-state index < -0.39 is 10.8 Å². The summed E-state index contributed by atoms with van der Waals surface area (Å²) in [6, 6.07) is 3.97. The lowest BCUT2D eigenvalue weighted by molar-refractivity contribution is -0.130. The van der Waals surface area contributed by atoms with Crippen molar-refractivity contribution in [2.75, 3.05) is 12.8 Å². The average molecular weight is 314 g/mol. The van der Waals surface area contributed by atoms with Crippen LogP contribution in [0.5, 0.6) is 0 Å². The number of carbonyl (C=O) groups is 1. The highest BCUT2D eigenvalue weighted by atomic mass is 32.2. The molecule has 0 radical (unpaired) electrons. The fourth-order valence-electron chi connectivity index (χ4n) is 2.38. The Morgan fingerprint density at radius 3 is 2.85 bits per heavy atom. The van der Waals surface area contributed by atoms with Crippen LogP contribution >= 0.6 is 11.3 Å². The second-order valence-corrected chi connectivity index (χ2v) is 7.96. The number of rotatable bonds is 6. The Morgan fingerprint density at radius 1 is 1.55 bits per heavy atom. The van der Waals surface area contributed by atoms with Crippen LogP contribution in [-0.2, 0) is 15.6 Å². The first-order valence-electron chi connectivity index (χ1n) is 6.96. The van der Waals surface area contributed by atoms with E-state index >= 15 is 0 Å². The van der Waals surface area contributed by atoms with Crippen LogP contribution in [0.15, 0.2) is 17.5 Å². The van der Waals surface area contributed by atoms with Crippen molar-refractivity contribution in [3.63, 3.8) is 0 Å². The minimum absolute atomic E-state index is 0.0232. The molecule has 0 saturated carbocycles. The summed E-state index contributed by atoms with van der Waals surface area (Å²) < 4.78 is 11.5. The van der Waals surface area contributed by atoms with Crippen molar-refractivity contribution in [3.8, 4) is 0 Å². The molecule has 1 aromatic heterocycles. The van der Waals surface area contributed by atoms with E-state index in [-0.39, 0.29) is 23.4 Å². The second kappa shape index (κ2) is 6.83. The van der Waals surface area contributed by atoms with Gasteiger partial charge in [-0.3, -0.25) is 14.3 Å². The van der Waals surface area contributed by atoms with Gasteiger partial charge in [0.15, 0.2) is 0 Å². The Kier molecular flexibility index (Phi) is 5.35. The second-order valence-electron chi connectivity index (χ2n) is 5.17. The molecule has 1 fully saturated rings. The van der Waals surface area contributed by atoms with Crippen LogP contribution in [-0.4, -0.2) is 39.1 Å². The average Bonchev–Trinajstić information content (AvgIpc) is 3.03. The first-order chi connectivity index (χ1) is 9.54. The molecule has 0 bridgehead atoms. The van der Waals surface area contributed by atoms with Crippen molar-refractivity contribution in [2.45, 2.75) is 44.1 Å². The summed E-state index contributed by atoms with van der Waals surface area (Å²) in [4.78, 5) is 15.5. The Labute approximate surface area is 127 Å². The van der Waals surface area contributed by atoms with Crippen LogP contribution in [0.2, 0.25) is 0 Å². The summed E-state index contributed by atoms with van der Waals surface area (Å²) in [6.07, 6.45) is 3.27. The molecule has 0 spiro atoms. The van der Waals surface area contributed by atoms with Gasteiger partial charge in [-0.05, 0) is 24.3 Å². The van der Waals surface area contributed by atoms with Gasteiger partial charge in [0.2, 0.25) is 5.91 Å². The topological polar surface area (TPSA) is 49.4 Å². The number of hydrogen-bond donors (Lipinski definition) is 1. The number of nitrogens with zero attached hydrogens (tertiary/aromatic N) is 1. The fourth-order valence-corrected chi connectivity index (χ4v) is 3.61. The molecular formula is C14H22N2O2S2. The van der Waals surface area contributed by atoms with Crippen LogP contribution in [0, 0.1) is 0 Å². The number of thiophene rings is 1. The summed E-state index contributed by atoms with van der Waals surface area (Å²) in [5.74, 6) is 0.167. The van der Waals surface area contributed by atoms with Gasteiger partial charge >= 0.3 is 0 Å². The molecule has 4 unspecified atom stereocenters. The first-order valence-corrected chi connectivity index (χ1v) is 9.46. The number of amides is 1. The SMILES string of the molecule is CCC1NC(c2cccs2)N(CCC(C)S(C)=O)C1=O. The first kappa shape index (κ1) is 15.7. The molecule has 6 heteroatoms. The van der Waals surface area contributed by atoms with Crippen molar-refractivity contribution in [3.05, 3.63) is 22.4 Å². The predicted molar refractivity (Wildman–Crippen MR) is 84.1 cm³/mol. The molecule has 1 N–H and O–H groups in total. The van der Waals surface area contributed by atoms with Crippen molar-refractivity contribution < 1.29 is 9.00 Å². The molecule has 4 nitrogen and oxygen atoms in total. The van der Waals surface area contributed by atoms with Gasteiger partial charge in [-0.1, -0.05) is 19.9 Å². The maximum absolute atomic E-state index is 12.4. The van der Waals surface area contributed by atoms with Gasteiger partial charge in [0.05, 0.1) is 6.04 Å². The zero-order valence-electron chi connectivity index (χ0n) is 12.2. The van der Waals surface area contributed by atoms with Crippen molar-refractivity contribution in [1.82, 2.24) is 10.2 Å². The predicted octanol–water partition coefficient (Wildman–Crippen LogP) is 2.11. The Balaban J connectivity index is 2.09. The van der Waals surface area contributed by atoms with Gasteiger partial charge in [-0.25, -0.2) is 0 Å². The number of hydrogen-bond acceptors (Lipinski definition) is 4. The van der Waals surface area contributed by atoms with Gasteiger partial charge in [-0.2, -0.15) is 0 Å². The van der Waals surface area contributed by atoms with Gasteiger partial charge in [0, 0.05) is 33.7 Å². The van der Waals surface area contributed by atoms with Crippen molar-refractivity contribution in [2.24, 2.45) is 0 Å². The molecule has 1 aliphatic rings. The van der Waals surface area contributed by atoms with E-state index in [1.54, 1.807) is 17.6 Å². The zero-order chi connectivity index (χ0) is 14.7. The highest BCUT2D eigenvalue weighted by molar-refractivity contribution is 7.84. The third-order valence-corrected chi connectivity index (χ3v) is 6.11. The van der Waals surface area contributed by atoms with E-state index in [2.05, 4.69) is 11.4 Å². The van der Waals surface area contributed by atoms with Crippen molar-refractivity contribution >= 4 is 28.0 Å². The molecule has 0 aliphatic carbocycles. The lowest BCUT2D eigenvalue weighted by atomic mass is 10.2. The molecule has 20 heavy (non-hydrogen) atoms. The minimum Gasteiger partial charge on any atom is -0.321 e. The molecule has 1 amide bonds. The van der Waals surface area contributed by atoms with E-state index in [9.17, 15) is 9.00 Å². The van der Waals surface area contributed by atoms with Gasteiger partial charge < -0.3 is 4.90 Å². The van der Waals surface area contributed by atoms with E-state index in [1.807, 2.05) is 30.2 Å². The van der Waals surface area contributed by atoms with E-state index in [0.29, 0.717) is 6.54 Å². The molecule has 112 valence electrons. The quantitative estimate of drug-likeness (QED) is 0.875. The Bertz CT molecular complexity index is 476. The van der Waals surface area contributed by atoms with Crippen LogP contribution in [0.3, 0.4) is 0 Å². The third-order valence-electron chi connectivity index (χ3n) is 3.82. The van der Waals surface area contributed by atoms with Crippen LogP contribution in [0.4, 0.5) is 0 Å². The molecule has 1 saturated heterocycles. The standard InChI is InChI=1S/C14H22N2O2S2/c1-4-11-14(17)16(8-7-10(2)20(3)18)13(15-11)12-6-5-9-19-12/h5-6,9-11,13,15H,4,7-8H2,1-3H3. The highest BCUT2D eigenvalue weighted by Gasteiger charge is 2.38. The lowest BCUT2D eigenvalue weighted by Gasteiger charge is -2.24. The molecule has 4 atom stereocenters. The fraction of sp³-hybridized carbons (Fsp3) is 0.643. The Morgan fingerprint density at radius 2 is 2.30 bits per heavy atom. The van der Waals surface area contributed by atoms with E-state index in [1.165, 1.54) is 4.88 Å². The van der Waals surface area contributed by atoms with Gasteiger partial charge in [0.1, 0.15) is 6.17 Å². The molecule has 2 heterocycles. The lowest BCUT2D eigenvalue weighted by Crippen LogP contribution is -2.33. The normalized spacial score (nSPS) is 25.9. The third kappa shape index (κ3) is 3.30. The van der Waals surface area contributed by atoms with E-state index in [4.69, 9.17) is 0 Å². The molecule has 2 rings (SSSR count). The van der Waals surface area contributed by atoms with Crippen LogP contribution in [0.25, 0.3) is 0 Å². The number of nitrogens with one attached hydrogen (secondary N) is 1. The summed E-state index contributed by atoms with van der Waals surface area (Å²) >= 11 is 1.66.